The minimum Gasteiger partial charge on any atom is -0.444 e. The molecule has 1 fully saturated rings. The van der Waals surface area contributed by atoms with Crippen molar-refractivity contribution in [1.29, 1.82) is 0 Å². The fourth-order valence-electron chi connectivity index (χ4n) is 2.61. The Bertz CT molecular complexity index is 457. The van der Waals surface area contributed by atoms with E-state index in [0.717, 1.165) is 37.0 Å². The second-order valence-corrected chi connectivity index (χ2v) is 5.77. The predicted molar refractivity (Wildman–Crippen MR) is 89.1 cm³/mol. The zero-order chi connectivity index (χ0) is 15.8. The van der Waals surface area contributed by atoms with Crippen molar-refractivity contribution in [3.05, 3.63) is 17.3 Å². The molecule has 0 radical (unpaired) electrons. The van der Waals surface area contributed by atoms with Gasteiger partial charge in [0.15, 0.2) is 5.96 Å². The fourth-order valence-corrected chi connectivity index (χ4v) is 2.61. The molecule has 0 unspecified atom stereocenters. The smallest absolute Gasteiger partial charge is 0.216 e. The molecule has 2 N–H and O–H groups in total. The van der Waals surface area contributed by atoms with Gasteiger partial charge in [-0.1, -0.05) is 6.42 Å². The van der Waals surface area contributed by atoms with Gasteiger partial charge in [-0.05, 0) is 46.7 Å². The highest BCUT2D eigenvalue weighted by molar-refractivity contribution is 5.79. The summed E-state index contributed by atoms with van der Waals surface area (Å²) in [6.07, 6.45) is 4.04. The van der Waals surface area contributed by atoms with Gasteiger partial charge in [0.2, 0.25) is 5.89 Å². The summed E-state index contributed by atoms with van der Waals surface area (Å²) >= 11 is 0. The van der Waals surface area contributed by atoms with Crippen molar-refractivity contribution < 1.29 is 4.42 Å². The van der Waals surface area contributed by atoms with Gasteiger partial charge in [-0.25, -0.2) is 9.98 Å². The molecule has 0 spiro atoms. The molecule has 0 bridgehead atoms. The van der Waals surface area contributed by atoms with E-state index in [-0.39, 0.29) is 0 Å². The van der Waals surface area contributed by atoms with Crippen LogP contribution in [0.2, 0.25) is 0 Å². The molecule has 1 aliphatic heterocycles. The first kappa shape index (κ1) is 16.8. The van der Waals surface area contributed by atoms with Crippen molar-refractivity contribution in [2.24, 2.45) is 4.99 Å². The van der Waals surface area contributed by atoms with Crippen LogP contribution in [0, 0.1) is 13.8 Å². The largest absolute Gasteiger partial charge is 0.444 e. The Labute approximate surface area is 133 Å². The number of aliphatic imine (C=N–C) groups is 1. The van der Waals surface area contributed by atoms with Crippen LogP contribution in [0.15, 0.2) is 9.41 Å². The molecule has 0 atom stereocenters. The van der Waals surface area contributed by atoms with Crippen molar-refractivity contribution in [3.63, 3.8) is 0 Å². The summed E-state index contributed by atoms with van der Waals surface area (Å²) in [4.78, 5) is 11.4. The number of oxazole rings is 1. The Kier molecular flexibility index (Phi) is 6.71. The fraction of sp³-hybridized carbons (Fsp3) is 0.750. The first-order valence-electron chi connectivity index (χ1n) is 8.36. The van der Waals surface area contributed by atoms with Crippen molar-refractivity contribution >= 4 is 5.96 Å². The van der Waals surface area contributed by atoms with Crippen LogP contribution < -0.4 is 10.6 Å². The van der Waals surface area contributed by atoms with Crippen LogP contribution in [0.4, 0.5) is 0 Å². The van der Waals surface area contributed by atoms with Crippen LogP contribution >= 0.6 is 0 Å². The highest BCUT2D eigenvalue weighted by atomic mass is 16.4. The van der Waals surface area contributed by atoms with Crippen LogP contribution in [-0.4, -0.2) is 48.6 Å². The molecule has 1 aliphatic rings. The van der Waals surface area contributed by atoms with E-state index in [4.69, 9.17) is 4.42 Å². The van der Waals surface area contributed by atoms with E-state index >= 15 is 0 Å². The van der Waals surface area contributed by atoms with Gasteiger partial charge >= 0.3 is 0 Å². The lowest BCUT2D eigenvalue weighted by atomic mass is 10.1. The molecule has 0 aromatic carbocycles. The number of aromatic nitrogens is 1. The summed E-state index contributed by atoms with van der Waals surface area (Å²) in [5, 5.41) is 6.65. The summed E-state index contributed by atoms with van der Waals surface area (Å²) in [6, 6.07) is 0. The molecule has 1 saturated heterocycles. The van der Waals surface area contributed by atoms with Gasteiger partial charge in [0.05, 0.1) is 5.69 Å². The zero-order valence-electron chi connectivity index (χ0n) is 14.1. The van der Waals surface area contributed by atoms with Crippen molar-refractivity contribution in [1.82, 2.24) is 20.5 Å². The monoisotopic (exact) mass is 307 g/mol. The molecular weight excluding hydrogens is 278 g/mol. The molecule has 6 heteroatoms. The van der Waals surface area contributed by atoms with Crippen LogP contribution in [-0.2, 0) is 6.54 Å². The molecule has 2 heterocycles. The maximum atomic E-state index is 5.56. The predicted octanol–water partition coefficient (Wildman–Crippen LogP) is 1.83. The summed E-state index contributed by atoms with van der Waals surface area (Å²) in [6.45, 7) is 11.7. The summed E-state index contributed by atoms with van der Waals surface area (Å²) in [5.41, 5.74) is 0.938. The van der Waals surface area contributed by atoms with Gasteiger partial charge in [0.1, 0.15) is 12.3 Å². The lowest BCUT2D eigenvalue weighted by molar-refractivity contribution is 0.232. The van der Waals surface area contributed by atoms with Crippen LogP contribution in [0.5, 0.6) is 0 Å². The first-order chi connectivity index (χ1) is 10.7. The Morgan fingerprint density at radius 1 is 1.23 bits per heavy atom. The average Bonchev–Trinajstić information content (AvgIpc) is 2.84. The lowest BCUT2D eigenvalue weighted by Gasteiger charge is -2.26. The third-order valence-corrected chi connectivity index (χ3v) is 3.96. The minimum absolute atomic E-state index is 0.466. The number of nitrogens with one attached hydrogen (secondary N) is 2. The number of rotatable bonds is 6. The molecule has 0 aliphatic carbocycles. The normalized spacial score (nSPS) is 16.8. The maximum Gasteiger partial charge on any atom is 0.216 e. The summed E-state index contributed by atoms with van der Waals surface area (Å²) in [5.74, 6) is 2.37. The average molecular weight is 307 g/mol. The molecule has 6 nitrogen and oxygen atoms in total. The number of nitrogens with zero attached hydrogens (tertiary/aromatic N) is 3. The quantitative estimate of drug-likeness (QED) is 0.620. The minimum atomic E-state index is 0.466. The molecular formula is C16H29N5O. The van der Waals surface area contributed by atoms with Crippen molar-refractivity contribution in [2.75, 3.05) is 32.7 Å². The van der Waals surface area contributed by atoms with Crippen LogP contribution in [0.3, 0.4) is 0 Å². The SMILES string of the molecule is CCNC(=NCc1nc(C)c(C)o1)NCCN1CCCCC1. The molecule has 2 rings (SSSR count). The lowest BCUT2D eigenvalue weighted by Crippen LogP contribution is -2.42. The first-order valence-corrected chi connectivity index (χ1v) is 8.36. The van der Waals surface area contributed by atoms with E-state index in [1.807, 2.05) is 13.8 Å². The third-order valence-electron chi connectivity index (χ3n) is 3.96. The Balaban J connectivity index is 1.78. The number of hydrogen-bond donors (Lipinski definition) is 2. The van der Waals surface area contributed by atoms with E-state index in [9.17, 15) is 0 Å². The Hall–Kier alpha value is -1.56. The highest BCUT2D eigenvalue weighted by Gasteiger charge is 2.09. The van der Waals surface area contributed by atoms with E-state index in [2.05, 4.69) is 32.4 Å². The molecule has 0 saturated carbocycles. The molecule has 124 valence electrons. The topological polar surface area (TPSA) is 65.7 Å². The van der Waals surface area contributed by atoms with Crippen LogP contribution in [0.1, 0.15) is 43.5 Å². The van der Waals surface area contributed by atoms with Gasteiger partial charge in [-0.3, -0.25) is 0 Å². The van der Waals surface area contributed by atoms with Gasteiger partial charge in [-0.15, -0.1) is 0 Å². The maximum absolute atomic E-state index is 5.56. The van der Waals surface area contributed by atoms with Crippen LogP contribution in [0.25, 0.3) is 0 Å². The second kappa shape index (κ2) is 8.78. The van der Waals surface area contributed by atoms with E-state index in [1.54, 1.807) is 0 Å². The Morgan fingerprint density at radius 3 is 2.64 bits per heavy atom. The van der Waals surface area contributed by atoms with Gasteiger partial charge in [-0.2, -0.15) is 0 Å². The van der Waals surface area contributed by atoms with Gasteiger partial charge in [0.25, 0.3) is 0 Å². The molecule has 0 amide bonds. The van der Waals surface area contributed by atoms with E-state index < -0.39 is 0 Å². The second-order valence-electron chi connectivity index (χ2n) is 5.77. The number of piperidine rings is 1. The number of likely N-dealkylation sites (tertiary alicyclic amines) is 1. The number of guanidine groups is 1. The van der Waals surface area contributed by atoms with Gasteiger partial charge in [0, 0.05) is 19.6 Å². The third kappa shape index (κ3) is 5.33. The summed E-state index contributed by atoms with van der Waals surface area (Å²) < 4.78 is 5.56. The Morgan fingerprint density at radius 2 is 2.00 bits per heavy atom. The standard InChI is InChI=1S/C16H29N5O/c1-4-17-16(18-8-11-21-9-6-5-7-10-21)19-12-15-20-13(2)14(3)22-15/h4-12H2,1-3H3,(H2,17,18,19). The van der Waals surface area contributed by atoms with Crippen molar-refractivity contribution in [2.45, 2.75) is 46.6 Å². The number of aryl methyl sites for hydroxylation is 2. The highest BCUT2D eigenvalue weighted by Crippen LogP contribution is 2.09. The zero-order valence-corrected chi connectivity index (χ0v) is 14.1. The van der Waals surface area contributed by atoms with Crippen molar-refractivity contribution in [3.8, 4) is 0 Å². The van der Waals surface area contributed by atoms with Gasteiger partial charge < -0.3 is 20.0 Å². The van der Waals surface area contributed by atoms with E-state index in [0.29, 0.717) is 12.4 Å². The summed E-state index contributed by atoms with van der Waals surface area (Å²) in [7, 11) is 0. The molecule has 22 heavy (non-hydrogen) atoms. The molecule has 1 aromatic heterocycles. The van der Waals surface area contributed by atoms with E-state index in [1.165, 1.54) is 32.4 Å². The number of hydrogen-bond acceptors (Lipinski definition) is 4. The molecule has 1 aromatic rings.